The van der Waals surface area contributed by atoms with Crippen molar-refractivity contribution < 1.29 is 29.3 Å². The summed E-state index contributed by atoms with van der Waals surface area (Å²) < 4.78 is 10.9. The van der Waals surface area contributed by atoms with Gasteiger partial charge in [0.05, 0.1) is 0 Å². The van der Waals surface area contributed by atoms with Gasteiger partial charge in [-0.3, -0.25) is 0 Å². The second-order valence-electron chi connectivity index (χ2n) is 9.86. The van der Waals surface area contributed by atoms with Gasteiger partial charge in [0.1, 0.15) is 11.2 Å². The first-order chi connectivity index (χ1) is 14.4. The van der Waals surface area contributed by atoms with Crippen LogP contribution in [0.15, 0.2) is 0 Å². The molecule has 2 N–H and O–H groups in total. The van der Waals surface area contributed by atoms with Crippen molar-refractivity contribution in [2.45, 2.75) is 97.7 Å². The second-order valence-corrected chi connectivity index (χ2v) is 9.86. The Morgan fingerprint density at radius 1 is 0.581 bits per heavy atom. The van der Waals surface area contributed by atoms with E-state index in [1.807, 2.05) is 41.5 Å². The molecule has 0 fully saturated rings. The van der Waals surface area contributed by atoms with E-state index in [4.69, 9.17) is 19.7 Å². The van der Waals surface area contributed by atoms with Crippen molar-refractivity contribution in [2.24, 2.45) is 0 Å². The number of unbranched alkanes of at least 4 members (excludes halogenated alkanes) is 4. The fourth-order valence-electron chi connectivity index (χ4n) is 2.90. The van der Waals surface area contributed by atoms with E-state index in [2.05, 4.69) is 0 Å². The summed E-state index contributed by atoms with van der Waals surface area (Å²) in [7, 11) is 0. The van der Waals surface area contributed by atoms with E-state index in [1.165, 1.54) is 0 Å². The van der Waals surface area contributed by atoms with E-state index in [0.717, 1.165) is 32.1 Å². The number of carbonyl (C=O) groups is 2. The molecule has 0 rings (SSSR count). The molecular weight excluding hydrogens is 400 g/mol. The molecule has 0 radical (unpaired) electrons. The van der Waals surface area contributed by atoms with Crippen LogP contribution in [0.25, 0.3) is 0 Å². The Balaban J connectivity index is 4.29. The summed E-state index contributed by atoms with van der Waals surface area (Å²) in [4.78, 5) is 28.0. The fourth-order valence-corrected chi connectivity index (χ4v) is 2.90. The molecule has 0 atom stereocenters. The van der Waals surface area contributed by atoms with Crippen LogP contribution in [0.2, 0.25) is 0 Å². The van der Waals surface area contributed by atoms with Gasteiger partial charge in [0, 0.05) is 39.4 Å². The molecule has 0 aliphatic heterocycles. The lowest BCUT2D eigenvalue weighted by molar-refractivity contribution is 0.0229. The van der Waals surface area contributed by atoms with E-state index < -0.39 is 11.2 Å². The maximum Gasteiger partial charge on any atom is 0.410 e. The van der Waals surface area contributed by atoms with E-state index in [-0.39, 0.29) is 25.4 Å². The van der Waals surface area contributed by atoms with Gasteiger partial charge in [-0.15, -0.1) is 0 Å². The summed E-state index contributed by atoms with van der Waals surface area (Å²) >= 11 is 0. The molecule has 0 heterocycles. The lowest BCUT2D eigenvalue weighted by Crippen LogP contribution is -2.38. The van der Waals surface area contributed by atoms with E-state index in [9.17, 15) is 9.59 Å². The van der Waals surface area contributed by atoms with Crippen LogP contribution in [0.1, 0.15) is 86.5 Å². The van der Waals surface area contributed by atoms with Gasteiger partial charge in [-0.25, -0.2) is 9.59 Å². The Kier molecular flexibility index (Phi) is 14.5. The third-order valence-electron chi connectivity index (χ3n) is 4.33. The van der Waals surface area contributed by atoms with Crippen LogP contribution in [0.5, 0.6) is 0 Å². The highest BCUT2D eigenvalue weighted by molar-refractivity contribution is 5.68. The number of aliphatic hydroxyl groups excluding tert-OH is 2. The third kappa shape index (κ3) is 16.8. The van der Waals surface area contributed by atoms with E-state index >= 15 is 0 Å². The summed E-state index contributed by atoms with van der Waals surface area (Å²) in [6, 6.07) is 0. The van der Waals surface area contributed by atoms with Crippen molar-refractivity contribution in [3.8, 4) is 0 Å². The summed E-state index contributed by atoms with van der Waals surface area (Å²) in [6.07, 6.45) is 5.08. The molecule has 0 aromatic carbocycles. The van der Waals surface area contributed by atoms with Crippen LogP contribution in [0.4, 0.5) is 9.59 Å². The molecular formula is C23H46N2O6. The zero-order valence-corrected chi connectivity index (χ0v) is 20.6. The van der Waals surface area contributed by atoms with Crippen LogP contribution in [0, 0.1) is 0 Å². The molecule has 8 nitrogen and oxygen atoms in total. The number of hydrogen-bond donors (Lipinski definition) is 2. The van der Waals surface area contributed by atoms with Crippen molar-refractivity contribution in [3.63, 3.8) is 0 Å². The van der Waals surface area contributed by atoms with Crippen LogP contribution < -0.4 is 0 Å². The molecule has 8 heteroatoms. The van der Waals surface area contributed by atoms with Gasteiger partial charge >= 0.3 is 12.2 Å². The van der Waals surface area contributed by atoms with Gasteiger partial charge in [-0.1, -0.05) is 19.3 Å². The van der Waals surface area contributed by atoms with Gasteiger partial charge in [0.25, 0.3) is 0 Å². The quantitative estimate of drug-likeness (QED) is 0.388. The van der Waals surface area contributed by atoms with Gasteiger partial charge < -0.3 is 29.5 Å². The number of hydrogen-bond acceptors (Lipinski definition) is 6. The summed E-state index contributed by atoms with van der Waals surface area (Å²) in [5.74, 6) is 0. The Bertz CT molecular complexity index is 455. The topological polar surface area (TPSA) is 99.5 Å². The average Bonchev–Trinajstić information content (AvgIpc) is 2.62. The molecule has 184 valence electrons. The predicted octanol–water partition coefficient (Wildman–Crippen LogP) is 4.18. The van der Waals surface area contributed by atoms with Crippen LogP contribution in [0.3, 0.4) is 0 Å². The first-order valence-electron chi connectivity index (χ1n) is 11.6. The first-order valence-corrected chi connectivity index (χ1v) is 11.6. The zero-order valence-electron chi connectivity index (χ0n) is 20.6. The highest BCUT2D eigenvalue weighted by atomic mass is 16.6. The molecule has 0 aromatic rings. The minimum absolute atomic E-state index is 0.0454. The molecule has 0 aliphatic rings. The summed E-state index contributed by atoms with van der Waals surface area (Å²) in [5, 5.41) is 18.1. The molecule has 0 spiro atoms. The van der Waals surface area contributed by atoms with E-state index in [0.29, 0.717) is 39.0 Å². The molecule has 2 amide bonds. The van der Waals surface area contributed by atoms with Crippen molar-refractivity contribution in [2.75, 3.05) is 39.4 Å². The lowest BCUT2D eigenvalue weighted by atomic mass is 10.1. The minimum atomic E-state index is -0.537. The Hall–Kier alpha value is -1.54. The van der Waals surface area contributed by atoms with Crippen molar-refractivity contribution >= 4 is 12.2 Å². The lowest BCUT2D eigenvalue weighted by Gasteiger charge is -2.27. The molecule has 0 unspecified atom stereocenters. The first kappa shape index (κ1) is 29.5. The molecule has 0 aromatic heterocycles. The molecule has 0 saturated heterocycles. The summed E-state index contributed by atoms with van der Waals surface area (Å²) in [5.41, 5.74) is -1.07. The van der Waals surface area contributed by atoms with E-state index in [1.54, 1.807) is 9.80 Å². The molecule has 31 heavy (non-hydrogen) atoms. The van der Waals surface area contributed by atoms with Crippen molar-refractivity contribution in [3.05, 3.63) is 0 Å². The van der Waals surface area contributed by atoms with Crippen molar-refractivity contribution in [1.29, 1.82) is 0 Å². The normalized spacial score (nSPS) is 11.9. The zero-order chi connectivity index (χ0) is 23.9. The SMILES string of the molecule is CC(C)(C)OC(=O)N(CCCO)CCCCCCCN(CCCO)C(=O)OC(C)(C)C. The Labute approximate surface area is 188 Å². The van der Waals surface area contributed by atoms with Gasteiger partial charge in [0.2, 0.25) is 0 Å². The average molecular weight is 447 g/mol. The van der Waals surface area contributed by atoms with Crippen LogP contribution >= 0.6 is 0 Å². The van der Waals surface area contributed by atoms with Gasteiger partial charge in [-0.2, -0.15) is 0 Å². The number of carbonyl (C=O) groups excluding carboxylic acids is 2. The number of aliphatic hydroxyl groups is 2. The molecule has 0 aliphatic carbocycles. The highest BCUT2D eigenvalue weighted by Gasteiger charge is 2.22. The maximum absolute atomic E-state index is 12.3. The third-order valence-corrected chi connectivity index (χ3v) is 4.33. The van der Waals surface area contributed by atoms with Gasteiger partial charge in [-0.05, 0) is 67.2 Å². The second kappa shape index (κ2) is 15.3. The smallest absolute Gasteiger partial charge is 0.410 e. The number of ether oxygens (including phenoxy) is 2. The minimum Gasteiger partial charge on any atom is -0.444 e. The number of nitrogens with zero attached hydrogens (tertiary/aromatic N) is 2. The maximum atomic E-state index is 12.3. The molecule has 0 bridgehead atoms. The highest BCUT2D eigenvalue weighted by Crippen LogP contribution is 2.14. The Morgan fingerprint density at radius 3 is 1.16 bits per heavy atom. The fraction of sp³-hybridized carbons (Fsp3) is 0.913. The van der Waals surface area contributed by atoms with Crippen LogP contribution in [-0.4, -0.2) is 82.8 Å². The predicted molar refractivity (Wildman–Crippen MR) is 122 cm³/mol. The summed E-state index contributed by atoms with van der Waals surface area (Å²) in [6.45, 7) is 13.3. The monoisotopic (exact) mass is 446 g/mol. The van der Waals surface area contributed by atoms with Gasteiger partial charge in [0.15, 0.2) is 0 Å². The van der Waals surface area contributed by atoms with Crippen molar-refractivity contribution in [1.82, 2.24) is 9.80 Å². The standard InChI is InChI=1S/C23H46N2O6/c1-22(2,3)30-20(28)24(16-12-18-26)14-10-8-7-9-11-15-25(17-13-19-27)21(29)31-23(4,5)6/h26-27H,7-19H2,1-6H3. The van der Waals surface area contributed by atoms with Crippen LogP contribution in [-0.2, 0) is 9.47 Å². The number of rotatable bonds is 14. The molecule has 0 saturated carbocycles. The Morgan fingerprint density at radius 2 is 0.871 bits per heavy atom. The number of amides is 2. The largest absolute Gasteiger partial charge is 0.444 e.